The van der Waals surface area contributed by atoms with Crippen molar-refractivity contribution < 1.29 is 0 Å². The van der Waals surface area contributed by atoms with Crippen molar-refractivity contribution in [3.8, 4) is 0 Å². The number of likely N-dealkylation sites (tertiary alicyclic amines) is 1. The van der Waals surface area contributed by atoms with E-state index in [0.717, 1.165) is 18.4 Å². The topological polar surface area (TPSA) is 41.6 Å². The second-order valence-electron chi connectivity index (χ2n) is 4.53. The molecule has 0 aromatic carbocycles. The highest BCUT2D eigenvalue weighted by Crippen LogP contribution is 2.34. The zero-order valence-corrected chi connectivity index (χ0v) is 9.08. The van der Waals surface area contributed by atoms with Gasteiger partial charge in [0.05, 0.1) is 0 Å². The number of aliphatic imine (C=N–C) groups is 1. The van der Waals surface area contributed by atoms with Gasteiger partial charge in [-0.3, -0.25) is 4.99 Å². The van der Waals surface area contributed by atoms with E-state index >= 15 is 0 Å². The first-order chi connectivity index (χ1) is 6.83. The van der Waals surface area contributed by atoms with E-state index in [9.17, 15) is 0 Å². The quantitative estimate of drug-likeness (QED) is 0.471. The highest BCUT2D eigenvalue weighted by Gasteiger charge is 2.33. The van der Waals surface area contributed by atoms with Gasteiger partial charge < -0.3 is 10.6 Å². The monoisotopic (exact) mass is 195 g/mol. The van der Waals surface area contributed by atoms with E-state index in [0.29, 0.717) is 6.04 Å². The van der Waals surface area contributed by atoms with E-state index in [-0.39, 0.29) is 0 Å². The molecule has 0 aromatic rings. The molecule has 0 amide bonds. The molecule has 3 heteroatoms. The number of rotatable bonds is 0. The minimum Gasteiger partial charge on any atom is -0.370 e. The van der Waals surface area contributed by atoms with Gasteiger partial charge in [0, 0.05) is 19.6 Å². The Morgan fingerprint density at radius 3 is 2.71 bits per heavy atom. The van der Waals surface area contributed by atoms with Crippen LogP contribution in [-0.2, 0) is 0 Å². The number of nitrogens with two attached hydrogens (primary N) is 1. The van der Waals surface area contributed by atoms with Crippen LogP contribution in [0.3, 0.4) is 0 Å². The number of piperidine rings is 1. The van der Waals surface area contributed by atoms with E-state index in [1.165, 1.54) is 38.5 Å². The molecule has 1 aliphatic carbocycles. The van der Waals surface area contributed by atoms with Crippen LogP contribution in [0.1, 0.15) is 38.5 Å². The minimum atomic E-state index is 0.696. The van der Waals surface area contributed by atoms with Crippen LogP contribution < -0.4 is 5.73 Å². The molecule has 0 spiro atoms. The van der Waals surface area contributed by atoms with Crippen molar-refractivity contribution in [3.63, 3.8) is 0 Å². The maximum absolute atomic E-state index is 5.93. The average molecular weight is 195 g/mol. The predicted molar refractivity (Wildman–Crippen MR) is 59.2 cm³/mol. The summed E-state index contributed by atoms with van der Waals surface area (Å²) in [5.74, 6) is 1.64. The van der Waals surface area contributed by atoms with Gasteiger partial charge in [0.1, 0.15) is 0 Å². The van der Waals surface area contributed by atoms with Gasteiger partial charge in [0.15, 0.2) is 5.96 Å². The predicted octanol–water partition coefficient (Wildman–Crippen LogP) is 1.59. The largest absolute Gasteiger partial charge is 0.370 e. The van der Waals surface area contributed by atoms with E-state index < -0.39 is 0 Å². The van der Waals surface area contributed by atoms with Gasteiger partial charge in [0.2, 0.25) is 0 Å². The maximum Gasteiger partial charge on any atom is 0.191 e. The number of fused-ring (bicyclic) bond motifs is 1. The first kappa shape index (κ1) is 9.81. The third kappa shape index (κ3) is 1.72. The van der Waals surface area contributed by atoms with E-state index in [2.05, 4.69) is 9.89 Å². The second kappa shape index (κ2) is 4.20. The summed E-state index contributed by atoms with van der Waals surface area (Å²) in [4.78, 5) is 6.46. The van der Waals surface area contributed by atoms with Gasteiger partial charge >= 0.3 is 0 Å². The first-order valence-corrected chi connectivity index (χ1v) is 5.82. The Bertz CT molecular complexity index is 223. The summed E-state index contributed by atoms with van der Waals surface area (Å²) < 4.78 is 0. The molecule has 1 aliphatic heterocycles. The highest BCUT2D eigenvalue weighted by atomic mass is 15.3. The Hall–Kier alpha value is -0.730. The molecule has 2 atom stereocenters. The van der Waals surface area contributed by atoms with Crippen LogP contribution >= 0.6 is 0 Å². The Balaban J connectivity index is 2.08. The van der Waals surface area contributed by atoms with Gasteiger partial charge in [-0.1, -0.05) is 12.8 Å². The number of hydrogen-bond donors (Lipinski definition) is 1. The summed E-state index contributed by atoms with van der Waals surface area (Å²) in [6, 6.07) is 0.696. The standard InChI is InChI=1S/C11H21N3/c1-13-11(12)14-8-4-6-9-5-2-3-7-10(9)14/h9-10H,2-8H2,1H3,(H2,12,13). The van der Waals surface area contributed by atoms with Gasteiger partial charge in [-0.15, -0.1) is 0 Å². The van der Waals surface area contributed by atoms with Gasteiger partial charge in [-0.05, 0) is 31.6 Å². The molecule has 0 bridgehead atoms. The lowest BCUT2D eigenvalue weighted by molar-refractivity contribution is 0.118. The average Bonchev–Trinajstić information content (AvgIpc) is 2.27. The molecule has 1 saturated heterocycles. The molecular formula is C11H21N3. The molecule has 2 unspecified atom stereocenters. The van der Waals surface area contributed by atoms with Crippen LogP contribution in [0, 0.1) is 5.92 Å². The second-order valence-corrected chi connectivity index (χ2v) is 4.53. The number of guanidine groups is 1. The van der Waals surface area contributed by atoms with E-state index in [1.54, 1.807) is 7.05 Å². The molecule has 2 fully saturated rings. The van der Waals surface area contributed by atoms with Crippen molar-refractivity contribution in [1.82, 2.24) is 4.90 Å². The fraction of sp³-hybridized carbons (Fsp3) is 0.909. The van der Waals surface area contributed by atoms with E-state index in [1.807, 2.05) is 0 Å². The normalized spacial score (nSPS) is 34.1. The molecular weight excluding hydrogens is 174 g/mol. The highest BCUT2D eigenvalue weighted by molar-refractivity contribution is 5.78. The molecule has 2 rings (SSSR count). The van der Waals surface area contributed by atoms with E-state index in [4.69, 9.17) is 5.73 Å². The summed E-state index contributed by atoms with van der Waals surface area (Å²) in [7, 11) is 1.79. The summed E-state index contributed by atoms with van der Waals surface area (Å²) in [6.07, 6.45) is 8.20. The smallest absolute Gasteiger partial charge is 0.191 e. The zero-order chi connectivity index (χ0) is 9.97. The maximum atomic E-state index is 5.93. The van der Waals surface area contributed by atoms with Crippen LogP contribution in [0.4, 0.5) is 0 Å². The number of nitrogens with zero attached hydrogens (tertiary/aromatic N) is 2. The van der Waals surface area contributed by atoms with Crippen molar-refractivity contribution in [3.05, 3.63) is 0 Å². The fourth-order valence-electron chi connectivity index (χ4n) is 3.04. The summed E-state index contributed by atoms with van der Waals surface area (Å²) in [5.41, 5.74) is 5.93. The van der Waals surface area contributed by atoms with Crippen LogP contribution in [0.15, 0.2) is 4.99 Å². The van der Waals surface area contributed by atoms with Gasteiger partial charge in [-0.2, -0.15) is 0 Å². The lowest BCUT2D eigenvalue weighted by Crippen LogP contribution is -2.52. The molecule has 2 aliphatic rings. The van der Waals surface area contributed by atoms with Crippen molar-refractivity contribution in [2.24, 2.45) is 16.6 Å². The Morgan fingerprint density at radius 2 is 1.93 bits per heavy atom. The summed E-state index contributed by atoms with van der Waals surface area (Å²) in [6.45, 7) is 1.12. The first-order valence-electron chi connectivity index (χ1n) is 5.82. The summed E-state index contributed by atoms with van der Waals surface area (Å²) >= 11 is 0. The van der Waals surface area contributed by atoms with Crippen molar-refractivity contribution >= 4 is 5.96 Å². The van der Waals surface area contributed by atoms with Crippen molar-refractivity contribution in [1.29, 1.82) is 0 Å². The zero-order valence-electron chi connectivity index (χ0n) is 9.08. The molecule has 14 heavy (non-hydrogen) atoms. The molecule has 80 valence electrons. The van der Waals surface area contributed by atoms with Crippen LogP contribution in [-0.4, -0.2) is 30.5 Å². The third-order valence-corrected chi connectivity index (χ3v) is 3.77. The SMILES string of the molecule is CN=C(N)N1CCCC2CCCCC21. The summed E-state index contributed by atoms with van der Waals surface area (Å²) in [5, 5.41) is 0. The molecule has 0 aromatic heterocycles. The van der Waals surface area contributed by atoms with Crippen molar-refractivity contribution in [2.45, 2.75) is 44.6 Å². The van der Waals surface area contributed by atoms with Crippen LogP contribution in [0.25, 0.3) is 0 Å². The molecule has 1 heterocycles. The molecule has 0 radical (unpaired) electrons. The van der Waals surface area contributed by atoms with Gasteiger partial charge in [0.25, 0.3) is 0 Å². The molecule has 2 N–H and O–H groups in total. The number of hydrogen-bond acceptors (Lipinski definition) is 1. The van der Waals surface area contributed by atoms with Gasteiger partial charge in [-0.25, -0.2) is 0 Å². The Labute approximate surface area is 86.4 Å². The lowest BCUT2D eigenvalue weighted by Gasteiger charge is -2.44. The van der Waals surface area contributed by atoms with Crippen molar-refractivity contribution in [2.75, 3.05) is 13.6 Å². The lowest BCUT2D eigenvalue weighted by atomic mass is 9.78. The van der Waals surface area contributed by atoms with Crippen LogP contribution in [0.5, 0.6) is 0 Å². The Morgan fingerprint density at radius 1 is 1.21 bits per heavy atom. The van der Waals surface area contributed by atoms with Crippen LogP contribution in [0.2, 0.25) is 0 Å². The Kier molecular flexibility index (Phi) is 2.94. The minimum absolute atomic E-state index is 0.696. The molecule has 3 nitrogen and oxygen atoms in total. The third-order valence-electron chi connectivity index (χ3n) is 3.77. The molecule has 1 saturated carbocycles. The fourth-order valence-corrected chi connectivity index (χ4v) is 3.04.